The first-order chi connectivity index (χ1) is 13.1. The number of ether oxygens (including phenoxy) is 1. The molecule has 0 atom stereocenters. The number of anilines is 1. The third-order valence-electron chi connectivity index (χ3n) is 4.42. The Hall–Kier alpha value is -3.14. The second kappa shape index (κ2) is 8.99. The highest BCUT2D eigenvalue weighted by molar-refractivity contribution is 5.89. The first kappa shape index (κ1) is 18.6. The van der Waals surface area contributed by atoms with E-state index in [1.165, 1.54) is 5.56 Å². The van der Waals surface area contributed by atoms with Crippen molar-refractivity contribution in [3.63, 3.8) is 0 Å². The van der Waals surface area contributed by atoms with Gasteiger partial charge in [-0.1, -0.05) is 37.3 Å². The number of nitrogens with one attached hydrogen (secondary N) is 1. The van der Waals surface area contributed by atoms with Gasteiger partial charge in [0.1, 0.15) is 12.4 Å². The number of aromatic nitrogens is 1. The van der Waals surface area contributed by atoms with Crippen molar-refractivity contribution in [3.05, 3.63) is 89.7 Å². The fourth-order valence-electron chi connectivity index (χ4n) is 2.78. The number of carbonyl (C=O) groups is 1. The fourth-order valence-corrected chi connectivity index (χ4v) is 2.78. The highest BCUT2D eigenvalue weighted by atomic mass is 16.5. The molecule has 0 spiro atoms. The van der Waals surface area contributed by atoms with Gasteiger partial charge in [-0.15, -0.1) is 0 Å². The van der Waals surface area contributed by atoms with Crippen LogP contribution in [-0.4, -0.2) is 5.91 Å². The molecule has 138 valence electrons. The second-order valence-electron chi connectivity index (χ2n) is 6.51. The maximum Gasteiger partial charge on any atom is 0.290 e. The summed E-state index contributed by atoms with van der Waals surface area (Å²) in [5.41, 5.74) is 4.16. The zero-order valence-corrected chi connectivity index (χ0v) is 15.8. The Morgan fingerprint density at radius 1 is 0.963 bits per heavy atom. The lowest BCUT2D eigenvalue weighted by Gasteiger charge is -2.08. The van der Waals surface area contributed by atoms with E-state index in [0.717, 1.165) is 29.1 Å². The van der Waals surface area contributed by atoms with E-state index in [-0.39, 0.29) is 5.91 Å². The molecular weight excluding hydrogens is 336 g/mol. The standard InChI is InChI=1S/C23H24N2O2/c1-3-19-10-9-18(2)25(15-19)16-23(26)24-21-11-13-22(14-12-21)27-17-20-7-5-4-6-8-20/h4-15H,3,16-17H2,1-2H3/p+1. The van der Waals surface area contributed by atoms with Gasteiger partial charge in [0, 0.05) is 24.2 Å². The summed E-state index contributed by atoms with van der Waals surface area (Å²) in [6.07, 6.45) is 2.99. The van der Waals surface area contributed by atoms with E-state index in [1.54, 1.807) is 0 Å². The maximum atomic E-state index is 12.4. The molecule has 1 N–H and O–H groups in total. The van der Waals surface area contributed by atoms with Gasteiger partial charge in [-0.2, -0.15) is 4.57 Å². The molecule has 0 aliphatic heterocycles. The highest BCUT2D eigenvalue weighted by Crippen LogP contribution is 2.17. The van der Waals surface area contributed by atoms with Crippen molar-refractivity contribution in [2.45, 2.75) is 33.4 Å². The third-order valence-corrected chi connectivity index (χ3v) is 4.42. The predicted molar refractivity (Wildman–Crippen MR) is 107 cm³/mol. The Labute approximate surface area is 160 Å². The average Bonchev–Trinajstić information content (AvgIpc) is 2.70. The lowest BCUT2D eigenvalue weighted by molar-refractivity contribution is -0.690. The van der Waals surface area contributed by atoms with Gasteiger partial charge in [-0.3, -0.25) is 4.79 Å². The summed E-state index contributed by atoms with van der Waals surface area (Å²) in [5.74, 6) is 0.729. The van der Waals surface area contributed by atoms with Gasteiger partial charge in [0.05, 0.1) is 0 Å². The molecule has 0 aliphatic rings. The van der Waals surface area contributed by atoms with Crippen LogP contribution in [0.4, 0.5) is 5.69 Å². The van der Waals surface area contributed by atoms with Crippen LogP contribution in [0.25, 0.3) is 0 Å². The van der Waals surface area contributed by atoms with Gasteiger partial charge >= 0.3 is 0 Å². The number of carbonyl (C=O) groups excluding carboxylic acids is 1. The molecule has 4 heteroatoms. The van der Waals surface area contributed by atoms with Gasteiger partial charge in [-0.05, 0) is 42.3 Å². The molecule has 0 saturated heterocycles. The number of hydrogen-bond donors (Lipinski definition) is 1. The summed E-state index contributed by atoms with van der Waals surface area (Å²) in [4.78, 5) is 12.4. The van der Waals surface area contributed by atoms with E-state index >= 15 is 0 Å². The average molecular weight is 361 g/mol. The molecule has 0 unspecified atom stereocenters. The summed E-state index contributed by atoms with van der Waals surface area (Å²) in [6.45, 7) is 4.93. The smallest absolute Gasteiger partial charge is 0.290 e. The van der Waals surface area contributed by atoms with Crippen molar-refractivity contribution in [3.8, 4) is 5.75 Å². The van der Waals surface area contributed by atoms with Crippen LogP contribution in [0.15, 0.2) is 72.9 Å². The van der Waals surface area contributed by atoms with Gasteiger partial charge < -0.3 is 10.1 Å². The Morgan fingerprint density at radius 3 is 2.41 bits per heavy atom. The van der Waals surface area contributed by atoms with Gasteiger partial charge in [-0.25, -0.2) is 0 Å². The molecule has 0 aliphatic carbocycles. The minimum absolute atomic E-state index is 0.0469. The van der Waals surface area contributed by atoms with Crippen LogP contribution in [0.5, 0.6) is 5.75 Å². The van der Waals surface area contributed by atoms with Gasteiger partial charge in [0.2, 0.25) is 6.54 Å². The Balaban J connectivity index is 1.55. The zero-order chi connectivity index (χ0) is 19.1. The molecular formula is C23H25N2O2+. The highest BCUT2D eigenvalue weighted by Gasteiger charge is 2.13. The van der Waals surface area contributed by atoms with E-state index in [4.69, 9.17) is 4.74 Å². The zero-order valence-electron chi connectivity index (χ0n) is 15.8. The van der Waals surface area contributed by atoms with Crippen molar-refractivity contribution in [1.82, 2.24) is 0 Å². The summed E-state index contributed by atoms with van der Waals surface area (Å²) < 4.78 is 7.75. The molecule has 4 nitrogen and oxygen atoms in total. The van der Waals surface area contributed by atoms with E-state index in [0.29, 0.717) is 13.2 Å². The summed E-state index contributed by atoms with van der Waals surface area (Å²) in [5, 5.41) is 2.94. The fraction of sp³-hybridized carbons (Fsp3) is 0.217. The van der Waals surface area contributed by atoms with Crippen molar-refractivity contribution in [2.24, 2.45) is 0 Å². The molecule has 1 aromatic heterocycles. The van der Waals surface area contributed by atoms with Crippen LogP contribution >= 0.6 is 0 Å². The maximum absolute atomic E-state index is 12.4. The Bertz CT molecular complexity index is 890. The van der Waals surface area contributed by atoms with E-state index in [9.17, 15) is 4.79 Å². The molecule has 0 saturated carbocycles. The summed E-state index contributed by atoms with van der Waals surface area (Å²) in [6, 6.07) is 21.6. The molecule has 0 fully saturated rings. The first-order valence-corrected chi connectivity index (χ1v) is 9.19. The van der Waals surface area contributed by atoms with Gasteiger partial charge in [0.15, 0.2) is 11.9 Å². The largest absolute Gasteiger partial charge is 0.489 e. The normalized spacial score (nSPS) is 10.4. The van der Waals surface area contributed by atoms with E-state index < -0.39 is 0 Å². The summed E-state index contributed by atoms with van der Waals surface area (Å²) >= 11 is 0. The topological polar surface area (TPSA) is 42.2 Å². The lowest BCUT2D eigenvalue weighted by Crippen LogP contribution is -2.43. The van der Waals surface area contributed by atoms with Crippen LogP contribution in [0, 0.1) is 6.92 Å². The number of rotatable bonds is 7. The molecule has 1 amide bonds. The quantitative estimate of drug-likeness (QED) is 0.645. The minimum atomic E-state index is -0.0469. The number of pyridine rings is 1. The Morgan fingerprint density at radius 2 is 1.70 bits per heavy atom. The number of hydrogen-bond acceptors (Lipinski definition) is 2. The van der Waals surface area contributed by atoms with Crippen LogP contribution in [0.1, 0.15) is 23.7 Å². The SMILES string of the molecule is CCc1ccc(C)[n+](CC(=O)Nc2ccc(OCc3ccccc3)cc2)c1. The van der Waals surface area contributed by atoms with Crippen molar-refractivity contribution in [1.29, 1.82) is 0 Å². The molecule has 1 heterocycles. The number of amides is 1. The lowest BCUT2D eigenvalue weighted by atomic mass is 10.2. The van der Waals surface area contributed by atoms with Crippen LogP contribution < -0.4 is 14.6 Å². The van der Waals surface area contributed by atoms with Crippen molar-refractivity contribution in [2.75, 3.05) is 5.32 Å². The van der Waals surface area contributed by atoms with Crippen molar-refractivity contribution >= 4 is 11.6 Å². The molecule has 3 rings (SSSR count). The molecule has 27 heavy (non-hydrogen) atoms. The second-order valence-corrected chi connectivity index (χ2v) is 6.51. The predicted octanol–water partition coefficient (Wildman–Crippen LogP) is 4.06. The number of benzene rings is 2. The monoisotopic (exact) mass is 361 g/mol. The van der Waals surface area contributed by atoms with Crippen LogP contribution in [0.2, 0.25) is 0 Å². The van der Waals surface area contributed by atoms with Gasteiger partial charge in [0.25, 0.3) is 5.91 Å². The minimum Gasteiger partial charge on any atom is -0.489 e. The third kappa shape index (κ3) is 5.42. The van der Waals surface area contributed by atoms with E-state index in [1.807, 2.05) is 78.4 Å². The Kier molecular flexibility index (Phi) is 6.21. The molecule has 0 bridgehead atoms. The van der Waals surface area contributed by atoms with Crippen LogP contribution in [0.3, 0.4) is 0 Å². The van der Waals surface area contributed by atoms with Crippen LogP contribution in [-0.2, 0) is 24.4 Å². The molecule has 2 aromatic carbocycles. The van der Waals surface area contributed by atoms with E-state index in [2.05, 4.69) is 18.3 Å². The number of aryl methyl sites for hydroxylation is 2. The summed E-state index contributed by atoms with van der Waals surface area (Å²) in [7, 11) is 0. The molecule has 0 radical (unpaired) electrons. The number of nitrogens with zero attached hydrogens (tertiary/aromatic N) is 1. The molecule has 3 aromatic rings. The first-order valence-electron chi connectivity index (χ1n) is 9.19. The van der Waals surface area contributed by atoms with Crippen molar-refractivity contribution < 1.29 is 14.1 Å².